The molecule has 1 heterocycles. The molecule has 0 bridgehead atoms. The summed E-state index contributed by atoms with van der Waals surface area (Å²) in [5.74, 6) is 1.61. The lowest BCUT2D eigenvalue weighted by molar-refractivity contribution is 0.0729. The topological polar surface area (TPSA) is 35.5 Å². The smallest absolute Gasteiger partial charge is 0.0585 e. The van der Waals surface area contributed by atoms with Crippen molar-refractivity contribution in [2.45, 2.75) is 59.0 Å². The van der Waals surface area contributed by atoms with E-state index in [1.54, 1.807) is 0 Å². The predicted octanol–water partition coefficient (Wildman–Crippen LogP) is 2.10. The number of nitrogens with zero attached hydrogens (tertiary/aromatic N) is 1. The zero-order valence-corrected chi connectivity index (χ0v) is 12.7. The number of piperidine rings is 1. The van der Waals surface area contributed by atoms with E-state index >= 15 is 0 Å². The van der Waals surface area contributed by atoms with Gasteiger partial charge in [-0.3, -0.25) is 0 Å². The van der Waals surface area contributed by atoms with Crippen LogP contribution in [-0.4, -0.2) is 48.3 Å². The van der Waals surface area contributed by atoms with Gasteiger partial charge in [0, 0.05) is 25.2 Å². The van der Waals surface area contributed by atoms with Crippen LogP contribution in [0.3, 0.4) is 0 Å². The fourth-order valence-electron chi connectivity index (χ4n) is 3.06. The van der Waals surface area contributed by atoms with Gasteiger partial charge in [0.15, 0.2) is 0 Å². The Bertz CT molecular complexity index is 223. The summed E-state index contributed by atoms with van der Waals surface area (Å²) in [4.78, 5) is 2.61. The lowest BCUT2D eigenvalue weighted by Crippen LogP contribution is -2.47. The molecule has 1 aliphatic heterocycles. The molecule has 1 rings (SSSR count). The van der Waals surface area contributed by atoms with E-state index in [-0.39, 0.29) is 12.6 Å². The molecule has 4 unspecified atom stereocenters. The number of hydrogen-bond acceptors (Lipinski definition) is 3. The first-order valence-electron chi connectivity index (χ1n) is 7.66. The Kier molecular flexibility index (Phi) is 7.20. The third-order valence-corrected chi connectivity index (χ3v) is 4.39. The molecule has 3 heteroatoms. The van der Waals surface area contributed by atoms with E-state index in [0.29, 0.717) is 6.04 Å². The van der Waals surface area contributed by atoms with Crippen molar-refractivity contribution in [3.8, 4) is 0 Å². The average molecular weight is 256 g/mol. The number of rotatable bonds is 7. The van der Waals surface area contributed by atoms with Gasteiger partial charge in [-0.2, -0.15) is 0 Å². The van der Waals surface area contributed by atoms with Crippen LogP contribution in [0, 0.1) is 11.8 Å². The molecule has 0 saturated carbocycles. The number of hydrogen-bond donors (Lipinski definition) is 2. The maximum Gasteiger partial charge on any atom is 0.0585 e. The first-order chi connectivity index (χ1) is 8.58. The largest absolute Gasteiger partial charge is 0.395 e. The second-order valence-corrected chi connectivity index (χ2v) is 6.18. The highest BCUT2D eigenvalue weighted by Crippen LogP contribution is 2.26. The van der Waals surface area contributed by atoms with Gasteiger partial charge in [0.25, 0.3) is 0 Å². The summed E-state index contributed by atoms with van der Waals surface area (Å²) in [6, 6.07) is 0.955. The van der Waals surface area contributed by atoms with E-state index < -0.39 is 0 Å². The van der Waals surface area contributed by atoms with Crippen molar-refractivity contribution in [1.29, 1.82) is 0 Å². The molecule has 4 atom stereocenters. The first-order valence-corrected chi connectivity index (χ1v) is 7.66. The van der Waals surface area contributed by atoms with Crippen molar-refractivity contribution in [3.63, 3.8) is 0 Å². The molecule has 0 amide bonds. The van der Waals surface area contributed by atoms with Crippen molar-refractivity contribution in [3.05, 3.63) is 0 Å². The molecule has 0 aromatic rings. The number of nitrogens with one attached hydrogen (secondary N) is 1. The molecule has 0 aromatic heterocycles. The van der Waals surface area contributed by atoms with Crippen molar-refractivity contribution in [2.24, 2.45) is 11.8 Å². The van der Waals surface area contributed by atoms with Crippen LogP contribution < -0.4 is 5.32 Å². The lowest BCUT2D eigenvalue weighted by atomic mass is 9.86. The minimum atomic E-state index is 0.257. The second-order valence-electron chi connectivity index (χ2n) is 6.18. The number of aliphatic hydroxyl groups excluding tert-OH is 1. The molecular weight excluding hydrogens is 224 g/mol. The molecule has 0 radical (unpaired) electrons. The molecule has 1 aliphatic rings. The normalized spacial score (nSPS) is 31.5. The highest BCUT2D eigenvalue weighted by molar-refractivity contribution is 4.82. The van der Waals surface area contributed by atoms with Crippen LogP contribution in [0.1, 0.15) is 47.0 Å². The van der Waals surface area contributed by atoms with E-state index in [4.69, 9.17) is 0 Å². The van der Waals surface area contributed by atoms with Crippen molar-refractivity contribution < 1.29 is 5.11 Å². The number of aliphatic hydroxyl groups is 1. The fraction of sp³-hybridized carbons (Fsp3) is 1.00. The monoisotopic (exact) mass is 256 g/mol. The highest BCUT2D eigenvalue weighted by Gasteiger charge is 2.28. The Balaban J connectivity index is 2.35. The lowest BCUT2D eigenvalue weighted by Gasteiger charge is -2.41. The Labute approximate surface area is 113 Å². The van der Waals surface area contributed by atoms with E-state index in [0.717, 1.165) is 37.8 Å². The Morgan fingerprint density at radius 3 is 2.67 bits per heavy atom. The summed E-state index contributed by atoms with van der Waals surface area (Å²) in [7, 11) is 0. The Morgan fingerprint density at radius 1 is 1.33 bits per heavy atom. The van der Waals surface area contributed by atoms with Crippen molar-refractivity contribution in [2.75, 3.05) is 26.2 Å². The highest BCUT2D eigenvalue weighted by atomic mass is 16.3. The van der Waals surface area contributed by atoms with E-state index in [9.17, 15) is 5.11 Å². The summed E-state index contributed by atoms with van der Waals surface area (Å²) < 4.78 is 0. The van der Waals surface area contributed by atoms with Crippen LogP contribution >= 0.6 is 0 Å². The summed E-state index contributed by atoms with van der Waals surface area (Å²) in [6.45, 7) is 12.8. The Hall–Kier alpha value is -0.120. The molecule has 2 N–H and O–H groups in total. The third kappa shape index (κ3) is 4.87. The van der Waals surface area contributed by atoms with Gasteiger partial charge in [-0.25, -0.2) is 0 Å². The van der Waals surface area contributed by atoms with Crippen LogP contribution in [0.4, 0.5) is 0 Å². The van der Waals surface area contributed by atoms with E-state index in [1.165, 1.54) is 13.0 Å². The zero-order valence-electron chi connectivity index (χ0n) is 12.7. The minimum absolute atomic E-state index is 0.257. The summed E-state index contributed by atoms with van der Waals surface area (Å²) in [5, 5.41) is 12.8. The van der Waals surface area contributed by atoms with Gasteiger partial charge in [-0.1, -0.05) is 20.8 Å². The van der Waals surface area contributed by atoms with Gasteiger partial charge in [-0.15, -0.1) is 0 Å². The van der Waals surface area contributed by atoms with Crippen LogP contribution in [0.15, 0.2) is 0 Å². The molecular formula is C15H32N2O. The molecule has 1 fully saturated rings. The standard InChI is InChI=1S/C15H32N2O/c1-5-7-16-15(11-18)6-8-17-10-12(2)9-13(3)14(17)4/h12-16,18H,5-11H2,1-4H3. The molecule has 18 heavy (non-hydrogen) atoms. The van der Waals surface area contributed by atoms with E-state index in [2.05, 4.69) is 37.9 Å². The SMILES string of the molecule is CCCNC(CO)CCN1CC(C)CC(C)C1C. The van der Waals surface area contributed by atoms with Crippen molar-refractivity contribution >= 4 is 0 Å². The van der Waals surface area contributed by atoms with Gasteiger partial charge < -0.3 is 15.3 Å². The fourth-order valence-corrected chi connectivity index (χ4v) is 3.06. The first kappa shape index (κ1) is 15.9. The van der Waals surface area contributed by atoms with Crippen LogP contribution in [-0.2, 0) is 0 Å². The Morgan fingerprint density at radius 2 is 2.06 bits per heavy atom. The maximum atomic E-state index is 9.37. The van der Waals surface area contributed by atoms with Crippen LogP contribution in [0.25, 0.3) is 0 Å². The zero-order chi connectivity index (χ0) is 13.5. The van der Waals surface area contributed by atoms with Gasteiger partial charge >= 0.3 is 0 Å². The second kappa shape index (κ2) is 8.13. The summed E-state index contributed by atoms with van der Waals surface area (Å²) >= 11 is 0. The van der Waals surface area contributed by atoms with Gasteiger partial charge in [0.1, 0.15) is 0 Å². The summed E-state index contributed by atoms with van der Waals surface area (Å²) in [5.41, 5.74) is 0. The number of likely N-dealkylation sites (tertiary alicyclic amines) is 1. The molecule has 0 aromatic carbocycles. The average Bonchev–Trinajstić information content (AvgIpc) is 2.35. The maximum absolute atomic E-state index is 9.37. The molecule has 0 aliphatic carbocycles. The molecule has 1 saturated heterocycles. The molecule has 108 valence electrons. The molecule has 0 spiro atoms. The predicted molar refractivity (Wildman–Crippen MR) is 77.8 cm³/mol. The third-order valence-electron chi connectivity index (χ3n) is 4.39. The van der Waals surface area contributed by atoms with E-state index in [1.807, 2.05) is 0 Å². The van der Waals surface area contributed by atoms with Gasteiger partial charge in [0.2, 0.25) is 0 Å². The molecule has 3 nitrogen and oxygen atoms in total. The van der Waals surface area contributed by atoms with Gasteiger partial charge in [-0.05, 0) is 44.6 Å². The van der Waals surface area contributed by atoms with Crippen LogP contribution in [0.5, 0.6) is 0 Å². The minimum Gasteiger partial charge on any atom is -0.395 e. The quantitative estimate of drug-likeness (QED) is 0.732. The van der Waals surface area contributed by atoms with Gasteiger partial charge in [0.05, 0.1) is 6.61 Å². The summed E-state index contributed by atoms with van der Waals surface area (Å²) in [6.07, 6.45) is 3.54. The van der Waals surface area contributed by atoms with Crippen LogP contribution in [0.2, 0.25) is 0 Å². The van der Waals surface area contributed by atoms with Crippen molar-refractivity contribution in [1.82, 2.24) is 10.2 Å².